The highest BCUT2D eigenvalue weighted by Gasteiger charge is 2.30. The van der Waals surface area contributed by atoms with E-state index in [0.29, 0.717) is 6.54 Å². The van der Waals surface area contributed by atoms with Gasteiger partial charge in [0.25, 0.3) is 5.91 Å². The fraction of sp³-hybridized carbons (Fsp3) is 0.250. The molecule has 1 amide bonds. The first-order chi connectivity index (χ1) is 11.1. The van der Waals surface area contributed by atoms with Crippen LogP contribution in [0, 0.1) is 0 Å². The van der Waals surface area contributed by atoms with Gasteiger partial charge in [0.1, 0.15) is 0 Å². The number of amides is 1. The van der Waals surface area contributed by atoms with E-state index in [1.807, 2.05) is 24.3 Å². The molecule has 3 rings (SSSR count). The van der Waals surface area contributed by atoms with Crippen LogP contribution in [0.15, 0.2) is 36.7 Å². The number of nitrogens with zero attached hydrogens (tertiary/aromatic N) is 3. The minimum Gasteiger partial charge on any atom is -0.448 e. The number of hydrogen-bond acceptors (Lipinski definition) is 6. The Morgan fingerprint density at radius 1 is 1.26 bits per heavy atom. The Morgan fingerprint density at radius 2 is 2.00 bits per heavy atom. The number of para-hydroxylation sites is 1. The van der Waals surface area contributed by atoms with Crippen molar-refractivity contribution in [1.82, 2.24) is 9.97 Å². The van der Waals surface area contributed by atoms with E-state index >= 15 is 0 Å². The Hall–Kier alpha value is -2.96. The number of rotatable bonds is 3. The van der Waals surface area contributed by atoms with Gasteiger partial charge in [-0.1, -0.05) is 18.2 Å². The van der Waals surface area contributed by atoms with Crippen molar-refractivity contribution in [2.75, 3.05) is 17.2 Å². The molecular formula is C16H16N4O3. The van der Waals surface area contributed by atoms with Crippen molar-refractivity contribution in [3.05, 3.63) is 47.9 Å². The molecule has 0 fully saturated rings. The number of carbonyl (C=O) groups is 2. The quantitative estimate of drug-likeness (QED) is 0.855. The van der Waals surface area contributed by atoms with Crippen LogP contribution in [-0.2, 0) is 16.0 Å². The molecule has 1 atom stereocenters. The van der Waals surface area contributed by atoms with Gasteiger partial charge in [-0.05, 0) is 25.0 Å². The molecule has 23 heavy (non-hydrogen) atoms. The monoisotopic (exact) mass is 312 g/mol. The lowest BCUT2D eigenvalue weighted by Crippen LogP contribution is -2.39. The predicted octanol–water partition coefficient (Wildman–Crippen LogP) is 1.19. The maximum atomic E-state index is 12.5. The van der Waals surface area contributed by atoms with Crippen molar-refractivity contribution in [3.63, 3.8) is 0 Å². The highest BCUT2D eigenvalue weighted by molar-refractivity contribution is 6.00. The fourth-order valence-electron chi connectivity index (χ4n) is 2.56. The van der Waals surface area contributed by atoms with E-state index in [2.05, 4.69) is 9.97 Å². The second kappa shape index (κ2) is 6.04. The lowest BCUT2D eigenvalue weighted by Gasteiger charge is -2.21. The average molecular weight is 312 g/mol. The number of nitrogens with two attached hydrogens (primary N) is 1. The Kier molecular flexibility index (Phi) is 3.92. The van der Waals surface area contributed by atoms with Gasteiger partial charge in [0.05, 0.1) is 0 Å². The minimum absolute atomic E-state index is 0.0244. The Morgan fingerprint density at radius 3 is 2.78 bits per heavy atom. The van der Waals surface area contributed by atoms with E-state index in [4.69, 9.17) is 10.5 Å². The minimum atomic E-state index is -0.935. The molecule has 0 aliphatic carbocycles. The van der Waals surface area contributed by atoms with Crippen LogP contribution in [0.3, 0.4) is 0 Å². The van der Waals surface area contributed by atoms with Gasteiger partial charge in [-0.2, -0.15) is 0 Å². The van der Waals surface area contributed by atoms with Crippen LogP contribution in [0.5, 0.6) is 0 Å². The van der Waals surface area contributed by atoms with E-state index in [0.717, 1.165) is 17.7 Å². The summed E-state index contributed by atoms with van der Waals surface area (Å²) < 4.78 is 5.19. The van der Waals surface area contributed by atoms with Crippen molar-refractivity contribution in [2.24, 2.45) is 0 Å². The van der Waals surface area contributed by atoms with Crippen molar-refractivity contribution >= 4 is 23.4 Å². The summed E-state index contributed by atoms with van der Waals surface area (Å²) in [6.07, 6.45) is 2.58. The second-order valence-corrected chi connectivity index (χ2v) is 5.21. The summed E-state index contributed by atoms with van der Waals surface area (Å²) in [6.45, 7) is 2.11. The summed E-state index contributed by atoms with van der Waals surface area (Å²) in [5, 5.41) is 0. The molecule has 118 valence electrons. The lowest BCUT2D eigenvalue weighted by atomic mass is 10.2. The summed E-state index contributed by atoms with van der Waals surface area (Å²) in [5.41, 5.74) is 7.47. The first-order valence-corrected chi connectivity index (χ1v) is 7.24. The topological polar surface area (TPSA) is 98.4 Å². The van der Waals surface area contributed by atoms with Gasteiger partial charge in [0.15, 0.2) is 17.6 Å². The molecule has 1 aromatic carbocycles. The van der Waals surface area contributed by atoms with Gasteiger partial charge in [0, 0.05) is 24.6 Å². The molecule has 0 unspecified atom stereocenters. The maximum Gasteiger partial charge on any atom is 0.361 e. The van der Waals surface area contributed by atoms with Crippen LogP contribution in [-0.4, -0.2) is 34.5 Å². The molecule has 0 saturated heterocycles. The highest BCUT2D eigenvalue weighted by atomic mass is 16.5. The average Bonchev–Trinajstić information content (AvgIpc) is 2.98. The number of carbonyl (C=O) groups excluding carboxylic acids is 2. The molecule has 1 aliphatic heterocycles. The van der Waals surface area contributed by atoms with Crippen LogP contribution in [0.4, 0.5) is 11.5 Å². The highest BCUT2D eigenvalue weighted by Crippen LogP contribution is 2.28. The molecule has 0 spiro atoms. The molecule has 1 aliphatic rings. The SMILES string of the molecule is C[C@@H](OC(=O)c1nccnc1N)C(=O)N1CCc2ccccc21. The summed E-state index contributed by atoms with van der Waals surface area (Å²) in [6, 6.07) is 7.68. The Balaban J connectivity index is 1.72. The van der Waals surface area contributed by atoms with Gasteiger partial charge < -0.3 is 15.4 Å². The molecule has 2 heterocycles. The van der Waals surface area contributed by atoms with Crippen molar-refractivity contribution in [1.29, 1.82) is 0 Å². The maximum absolute atomic E-state index is 12.5. The van der Waals surface area contributed by atoms with Gasteiger partial charge in [-0.25, -0.2) is 14.8 Å². The predicted molar refractivity (Wildman–Crippen MR) is 83.8 cm³/mol. The first-order valence-electron chi connectivity index (χ1n) is 7.24. The molecule has 0 radical (unpaired) electrons. The number of esters is 1. The second-order valence-electron chi connectivity index (χ2n) is 5.21. The Labute approximate surface area is 133 Å². The zero-order valence-corrected chi connectivity index (χ0v) is 12.6. The zero-order chi connectivity index (χ0) is 16.4. The van der Waals surface area contributed by atoms with Gasteiger partial charge in [-0.3, -0.25) is 4.79 Å². The number of fused-ring (bicyclic) bond motifs is 1. The molecule has 1 aromatic heterocycles. The van der Waals surface area contributed by atoms with E-state index in [-0.39, 0.29) is 17.4 Å². The van der Waals surface area contributed by atoms with E-state index in [9.17, 15) is 9.59 Å². The van der Waals surface area contributed by atoms with Crippen LogP contribution < -0.4 is 10.6 Å². The number of anilines is 2. The van der Waals surface area contributed by atoms with Gasteiger partial charge in [0.2, 0.25) is 0 Å². The molecule has 0 bridgehead atoms. The first kappa shape index (κ1) is 15.0. The van der Waals surface area contributed by atoms with Crippen molar-refractivity contribution in [3.8, 4) is 0 Å². The molecule has 0 saturated carbocycles. The number of aromatic nitrogens is 2. The van der Waals surface area contributed by atoms with Crippen LogP contribution in [0.2, 0.25) is 0 Å². The van der Waals surface area contributed by atoms with E-state index in [1.54, 1.807) is 4.90 Å². The summed E-state index contributed by atoms with van der Waals surface area (Å²) in [7, 11) is 0. The normalized spacial score (nSPS) is 14.2. The van der Waals surface area contributed by atoms with Crippen LogP contribution in [0.1, 0.15) is 23.0 Å². The molecular weight excluding hydrogens is 296 g/mol. The number of nitrogen functional groups attached to an aromatic ring is 1. The lowest BCUT2D eigenvalue weighted by molar-refractivity contribution is -0.126. The van der Waals surface area contributed by atoms with Crippen LogP contribution >= 0.6 is 0 Å². The molecule has 7 heteroatoms. The third-order valence-electron chi connectivity index (χ3n) is 3.70. The fourth-order valence-corrected chi connectivity index (χ4v) is 2.56. The van der Waals surface area contributed by atoms with E-state index < -0.39 is 12.1 Å². The van der Waals surface area contributed by atoms with Crippen LogP contribution in [0.25, 0.3) is 0 Å². The Bertz CT molecular complexity index is 762. The molecule has 7 nitrogen and oxygen atoms in total. The number of benzene rings is 1. The summed E-state index contributed by atoms with van der Waals surface area (Å²) in [4.78, 5) is 33.9. The third kappa shape index (κ3) is 2.85. The molecule has 2 N–H and O–H groups in total. The van der Waals surface area contributed by atoms with Gasteiger partial charge in [-0.15, -0.1) is 0 Å². The van der Waals surface area contributed by atoms with E-state index in [1.165, 1.54) is 19.3 Å². The third-order valence-corrected chi connectivity index (χ3v) is 3.70. The van der Waals surface area contributed by atoms with Crippen molar-refractivity contribution in [2.45, 2.75) is 19.4 Å². The summed E-state index contributed by atoms with van der Waals surface area (Å²) in [5.74, 6) is -1.06. The number of ether oxygens (including phenoxy) is 1. The van der Waals surface area contributed by atoms with Crippen molar-refractivity contribution < 1.29 is 14.3 Å². The summed E-state index contributed by atoms with van der Waals surface area (Å²) >= 11 is 0. The standard InChI is InChI=1S/C16H16N4O3/c1-10(23-16(22)13-14(17)19-8-7-18-13)15(21)20-9-6-11-4-2-3-5-12(11)20/h2-5,7-8,10H,6,9H2,1H3,(H2,17,19)/t10-/m1/s1. The largest absolute Gasteiger partial charge is 0.448 e. The molecule has 2 aromatic rings. The van der Waals surface area contributed by atoms with Gasteiger partial charge >= 0.3 is 5.97 Å². The smallest absolute Gasteiger partial charge is 0.361 e. The number of hydrogen-bond donors (Lipinski definition) is 1. The zero-order valence-electron chi connectivity index (χ0n) is 12.6.